The third-order valence-corrected chi connectivity index (χ3v) is 5.79. The van der Waals surface area contributed by atoms with E-state index in [9.17, 15) is 14.7 Å². The molecule has 1 N–H and O–H groups in total. The summed E-state index contributed by atoms with van der Waals surface area (Å²) in [5, 5.41) is 11.4. The second kappa shape index (κ2) is 10.8. The van der Waals surface area contributed by atoms with Gasteiger partial charge in [-0.25, -0.2) is 4.79 Å². The number of hydrogen-bond donors (Lipinski definition) is 1. The molecule has 0 aliphatic heterocycles. The van der Waals surface area contributed by atoms with E-state index in [0.29, 0.717) is 0 Å². The van der Waals surface area contributed by atoms with Gasteiger partial charge in [-0.05, 0) is 39.3 Å². The maximum atomic E-state index is 12.7. The fourth-order valence-corrected chi connectivity index (χ4v) is 3.18. The van der Waals surface area contributed by atoms with Crippen molar-refractivity contribution in [1.82, 2.24) is 5.06 Å². The van der Waals surface area contributed by atoms with E-state index in [2.05, 4.69) is 19.6 Å². The van der Waals surface area contributed by atoms with Gasteiger partial charge < -0.3 is 19.4 Å². The normalized spacial score (nSPS) is 14.2. The highest BCUT2D eigenvalue weighted by atomic mass is 28.3. The van der Waals surface area contributed by atoms with Crippen molar-refractivity contribution < 1.29 is 29.0 Å². The Hall–Kier alpha value is -1.90. The van der Waals surface area contributed by atoms with Crippen LogP contribution in [-0.4, -0.2) is 54.7 Å². The number of ether oxygens (including phenoxy) is 2. The molecule has 0 saturated heterocycles. The lowest BCUT2D eigenvalue weighted by atomic mass is 10.0. The van der Waals surface area contributed by atoms with Crippen LogP contribution in [0.1, 0.15) is 33.3 Å². The van der Waals surface area contributed by atoms with Gasteiger partial charge in [0, 0.05) is 13.6 Å². The van der Waals surface area contributed by atoms with Gasteiger partial charge in [-0.3, -0.25) is 4.79 Å². The lowest BCUT2D eigenvalue weighted by Crippen LogP contribution is -2.57. The van der Waals surface area contributed by atoms with Gasteiger partial charge in [-0.15, -0.1) is 5.06 Å². The first kappa shape index (κ1) is 25.1. The molecule has 0 aliphatic carbocycles. The van der Waals surface area contributed by atoms with E-state index < -0.39 is 37.9 Å². The Balaban J connectivity index is 2.83. The lowest BCUT2D eigenvalue weighted by Gasteiger charge is -2.38. The number of carbonyl (C=O) groups is 2. The minimum Gasteiger partial charge on any atom is -0.465 e. The van der Waals surface area contributed by atoms with E-state index in [1.807, 2.05) is 30.3 Å². The summed E-state index contributed by atoms with van der Waals surface area (Å²) < 4.78 is 10.5. The molecule has 0 radical (unpaired) electrons. The standard InChI is InChI=1S/C21H35NO6Si/c1-16(23)18(19(24)26-13-14-29(5,6)7)22(21(2,3)4)28-20(25)27-15-17-11-9-8-10-12-17/h8-12,16,18,23H,13-15H2,1-7H3/t16-,18+/m1/s1. The maximum Gasteiger partial charge on any atom is 0.528 e. The van der Waals surface area contributed by atoms with Gasteiger partial charge in [0.1, 0.15) is 6.61 Å². The van der Waals surface area contributed by atoms with E-state index in [1.165, 1.54) is 6.92 Å². The first-order valence-electron chi connectivity index (χ1n) is 9.84. The van der Waals surface area contributed by atoms with Gasteiger partial charge in [0.15, 0.2) is 6.04 Å². The van der Waals surface area contributed by atoms with Gasteiger partial charge in [-0.1, -0.05) is 50.0 Å². The largest absolute Gasteiger partial charge is 0.528 e. The van der Waals surface area contributed by atoms with Gasteiger partial charge in [0.25, 0.3) is 0 Å². The van der Waals surface area contributed by atoms with Crippen LogP contribution in [0.2, 0.25) is 25.7 Å². The van der Waals surface area contributed by atoms with Crippen LogP contribution in [0.5, 0.6) is 0 Å². The Kier molecular flexibility index (Phi) is 9.32. The number of aliphatic hydroxyl groups excluding tert-OH is 1. The highest BCUT2D eigenvalue weighted by Crippen LogP contribution is 2.22. The van der Waals surface area contributed by atoms with Crippen LogP contribution in [0.15, 0.2) is 30.3 Å². The van der Waals surface area contributed by atoms with Gasteiger partial charge in [0.2, 0.25) is 0 Å². The summed E-state index contributed by atoms with van der Waals surface area (Å²) >= 11 is 0. The predicted molar refractivity (Wildman–Crippen MR) is 114 cm³/mol. The third kappa shape index (κ3) is 9.43. The summed E-state index contributed by atoms with van der Waals surface area (Å²) in [6.45, 7) is 13.6. The Bertz CT molecular complexity index is 651. The molecule has 0 aromatic heterocycles. The molecule has 0 heterocycles. The van der Waals surface area contributed by atoms with Crippen molar-refractivity contribution in [2.24, 2.45) is 0 Å². The second-order valence-electron chi connectivity index (χ2n) is 9.28. The molecule has 1 rings (SSSR count). The molecule has 29 heavy (non-hydrogen) atoms. The minimum atomic E-state index is -1.38. The smallest absolute Gasteiger partial charge is 0.465 e. The van der Waals surface area contributed by atoms with Gasteiger partial charge in [0.05, 0.1) is 12.7 Å². The molecular weight excluding hydrogens is 390 g/mol. The van der Waals surface area contributed by atoms with Crippen molar-refractivity contribution in [2.75, 3.05) is 6.61 Å². The average molecular weight is 426 g/mol. The van der Waals surface area contributed by atoms with E-state index >= 15 is 0 Å². The van der Waals surface area contributed by atoms with E-state index in [4.69, 9.17) is 14.3 Å². The molecule has 7 nitrogen and oxygen atoms in total. The van der Waals surface area contributed by atoms with E-state index in [0.717, 1.165) is 16.7 Å². The Morgan fingerprint density at radius 1 is 1.10 bits per heavy atom. The number of esters is 1. The van der Waals surface area contributed by atoms with Crippen molar-refractivity contribution >= 4 is 20.2 Å². The summed E-state index contributed by atoms with van der Waals surface area (Å²) in [5.74, 6) is -0.635. The van der Waals surface area contributed by atoms with Crippen molar-refractivity contribution in [3.8, 4) is 0 Å². The monoisotopic (exact) mass is 425 g/mol. The summed E-state index contributed by atoms with van der Waals surface area (Å²) in [5.41, 5.74) is 0.0372. The zero-order valence-corrected chi connectivity index (χ0v) is 19.6. The van der Waals surface area contributed by atoms with Crippen molar-refractivity contribution in [2.45, 2.75) is 77.7 Å². The average Bonchev–Trinajstić information content (AvgIpc) is 2.58. The minimum absolute atomic E-state index is 0.0393. The number of nitrogens with zero attached hydrogens (tertiary/aromatic N) is 1. The number of hydroxylamine groups is 2. The number of aliphatic hydroxyl groups is 1. The Morgan fingerprint density at radius 2 is 1.69 bits per heavy atom. The van der Waals surface area contributed by atoms with Crippen LogP contribution in [0.25, 0.3) is 0 Å². The molecule has 0 saturated carbocycles. The maximum absolute atomic E-state index is 12.7. The van der Waals surface area contributed by atoms with Crippen molar-refractivity contribution in [3.05, 3.63) is 35.9 Å². The summed E-state index contributed by atoms with van der Waals surface area (Å²) in [4.78, 5) is 30.3. The van der Waals surface area contributed by atoms with Crippen molar-refractivity contribution in [1.29, 1.82) is 0 Å². The molecule has 164 valence electrons. The first-order chi connectivity index (χ1) is 13.3. The molecule has 0 aliphatic rings. The lowest BCUT2D eigenvalue weighted by molar-refractivity contribution is -0.227. The third-order valence-electron chi connectivity index (χ3n) is 4.08. The SMILES string of the molecule is C[C@@H](O)[C@@H](C(=O)OCC[Si](C)(C)C)N(OC(=O)OCc1ccccc1)C(C)(C)C. The summed E-state index contributed by atoms with van der Waals surface area (Å²) in [6.07, 6.45) is -2.07. The van der Waals surface area contributed by atoms with Crippen LogP contribution in [0.4, 0.5) is 4.79 Å². The van der Waals surface area contributed by atoms with Crippen molar-refractivity contribution in [3.63, 3.8) is 0 Å². The quantitative estimate of drug-likeness (QED) is 0.364. The van der Waals surface area contributed by atoms with E-state index in [1.54, 1.807) is 20.8 Å². The highest BCUT2D eigenvalue weighted by Gasteiger charge is 2.41. The number of hydrogen-bond acceptors (Lipinski definition) is 7. The number of carbonyl (C=O) groups excluding carboxylic acids is 2. The topological polar surface area (TPSA) is 85.3 Å². The number of benzene rings is 1. The van der Waals surface area contributed by atoms with Crippen LogP contribution >= 0.6 is 0 Å². The molecule has 0 unspecified atom stereocenters. The first-order valence-corrected chi connectivity index (χ1v) is 13.5. The second-order valence-corrected chi connectivity index (χ2v) is 14.9. The summed E-state index contributed by atoms with van der Waals surface area (Å²) in [6, 6.07) is 8.83. The van der Waals surface area contributed by atoms with Gasteiger partial charge >= 0.3 is 12.1 Å². The van der Waals surface area contributed by atoms with Crippen LogP contribution < -0.4 is 0 Å². The predicted octanol–water partition coefficient (Wildman–Crippen LogP) is 3.99. The van der Waals surface area contributed by atoms with Crippen LogP contribution in [-0.2, 0) is 25.7 Å². The van der Waals surface area contributed by atoms with Crippen LogP contribution in [0.3, 0.4) is 0 Å². The van der Waals surface area contributed by atoms with Crippen LogP contribution in [0, 0.1) is 0 Å². The van der Waals surface area contributed by atoms with Gasteiger partial charge in [-0.2, -0.15) is 0 Å². The molecule has 0 amide bonds. The highest BCUT2D eigenvalue weighted by molar-refractivity contribution is 6.76. The summed E-state index contributed by atoms with van der Waals surface area (Å²) in [7, 11) is -1.38. The molecule has 0 bridgehead atoms. The zero-order valence-electron chi connectivity index (χ0n) is 18.6. The molecule has 1 aromatic carbocycles. The molecular formula is C21H35NO6Si. The molecule has 1 aromatic rings. The molecule has 0 spiro atoms. The Labute approximate surface area is 174 Å². The fraction of sp³-hybridized carbons (Fsp3) is 0.619. The molecule has 8 heteroatoms. The molecule has 2 atom stereocenters. The fourth-order valence-electron chi connectivity index (χ4n) is 2.47. The van der Waals surface area contributed by atoms with E-state index in [-0.39, 0.29) is 13.2 Å². The zero-order chi connectivity index (χ0) is 22.2. The number of rotatable bonds is 9. The Morgan fingerprint density at radius 3 is 2.17 bits per heavy atom. The molecule has 0 fully saturated rings.